The van der Waals surface area contributed by atoms with Crippen LogP contribution in [0.15, 0.2) is 54.6 Å². The van der Waals surface area contributed by atoms with Crippen LogP contribution in [0.4, 0.5) is 0 Å². The molecule has 1 aromatic heterocycles. The van der Waals surface area contributed by atoms with Crippen LogP contribution in [-0.4, -0.2) is 20.6 Å². The number of fused-ring (bicyclic) bond motifs is 1. The molecule has 3 rings (SSSR count). The first-order valence-electron chi connectivity index (χ1n) is 7.08. The lowest BCUT2D eigenvalue weighted by Gasteiger charge is -2.09. The lowest BCUT2D eigenvalue weighted by Crippen LogP contribution is -2.10. The molecule has 0 fully saturated rings. The fraction of sp³-hybridized carbons (Fsp3) is 0.176. The molecule has 5 heteroatoms. The summed E-state index contributed by atoms with van der Waals surface area (Å²) < 4.78 is 7.65. The van der Waals surface area contributed by atoms with Gasteiger partial charge in [-0.25, -0.2) is 4.98 Å². The lowest BCUT2D eigenvalue weighted by atomic mass is 10.3. The molecule has 22 heavy (non-hydrogen) atoms. The van der Waals surface area contributed by atoms with Crippen LogP contribution in [0.5, 0.6) is 5.75 Å². The van der Waals surface area contributed by atoms with E-state index >= 15 is 0 Å². The molecular weight excluding hydrogens is 280 g/mol. The first-order valence-corrected chi connectivity index (χ1v) is 7.08. The molecule has 0 aliphatic rings. The Labute approximate surface area is 127 Å². The molecule has 0 saturated heterocycles. The van der Waals surface area contributed by atoms with Crippen LogP contribution in [0.2, 0.25) is 0 Å². The molecule has 0 atom stereocenters. The highest BCUT2D eigenvalue weighted by Gasteiger charge is 2.12. The average Bonchev–Trinajstić information content (AvgIpc) is 2.89. The van der Waals surface area contributed by atoms with Gasteiger partial charge in [0.05, 0.1) is 17.5 Å². The SMILES string of the molecule is O=C(O)CCn1c(COc2ccccc2)nc2ccccc21. The van der Waals surface area contributed by atoms with Crippen LogP contribution < -0.4 is 4.74 Å². The van der Waals surface area contributed by atoms with Gasteiger partial charge >= 0.3 is 5.97 Å². The third kappa shape index (κ3) is 3.09. The Hall–Kier alpha value is -2.82. The molecule has 1 heterocycles. The van der Waals surface area contributed by atoms with Gasteiger partial charge in [-0.3, -0.25) is 4.79 Å². The van der Waals surface area contributed by atoms with Crippen molar-refractivity contribution in [2.75, 3.05) is 0 Å². The number of hydrogen-bond acceptors (Lipinski definition) is 3. The van der Waals surface area contributed by atoms with Gasteiger partial charge in [-0.2, -0.15) is 0 Å². The van der Waals surface area contributed by atoms with Crippen LogP contribution in [-0.2, 0) is 17.9 Å². The molecule has 112 valence electrons. The maximum Gasteiger partial charge on any atom is 0.305 e. The summed E-state index contributed by atoms with van der Waals surface area (Å²) in [6.07, 6.45) is 0.0543. The van der Waals surface area contributed by atoms with Crippen molar-refractivity contribution in [1.82, 2.24) is 9.55 Å². The zero-order valence-corrected chi connectivity index (χ0v) is 12.0. The summed E-state index contributed by atoms with van der Waals surface area (Å²) in [5.74, 6) is 0.665. The quantitative estimate of drug-likeness (QED) is 0.759. The van der Waals surface area contributed by atoms with Gasteiger partial charge in [0.25, 0.3) is 0 Å². The van der Waals surface area contributed by atoms with Crippen molar-refractivity contribution in [3.8, 4) is 5.75 Å². The largest absolute Gasteiger partial charge is 0.486 e. The summed E-state index contributed by atoms with van der Waals surface area (Å²) >= 11 is 0. The van der Waals surface area contributed by atoms with Crippen molar-refractivity contribution in [1.29, 1.82) is 0 Å². The van der Waals surface area contributed by atoms with Crippen LogP contribution in [0.25, 0.3) is 11.0 Å². The Kier molecular flexibility index (Phi) is 4.05. The number of aliphatic carboxylic acids is 1. The number of carboxylic acid groups (broad SMARTS) is 1. The molecule has 0 unspecified atom stereocenters. The Morgan fingerprint density at radius 2 is 1.82 bits per heavy atom. The molecular formula is C17H16N2O3. The van der Waals surface area contributed by atoms with Gasteiger partial charge in [0.2, 0.25) is 0 Å². The minimum Gasteiger partial charge on any atom is -0.486 e. The van der Waals surface area contributed by atoms with E-state index in [1.165, 1.54) is 0 Å². The molecule has 0 radical (unpaired) electrons. The molecule has 0 aliphatic carbocycles. The molecule has 0 saturated carbocycles. The summed E-state index contributed by atoms with van der Waals surface area (Å²) in [6.45, 7) is 0.682. The number of hydrogen-bond donors (Lipinski definition) is 1. The summed E-state index contributed by atoms with van der Waals surface area (Å²) in [6, 6.07) is 17.2. The second-order valence-electron chi connectivity index (χ2n) is 4.91. The van der Waals surface area contributed by atoms with E-state index in [9.17, 15) is 4.79 Å². The predicted molar refractivity (Wildman–Crippen MR) is 82.8 cm³/mol. The van der Waals surface area contributed by atoms with Gasteiger partial charge < -0.3 is 14.4 Å². The number of imidazole rings is 1. The molecule has 1 N–H and O–H groups in total. The van der Waals surface area contributed by atoms with Crippen LogP contribution in [0.1, 0.15) is 12.2 Å². The van der Waals surface area contributed by atoms with Crippen molar-refractivity contribution in [2.24, 2.45) is 0 Å². The molecule has 2 aromatic carbocycles. The first kappa shape index (κ1) is 14.1. The summed E-state index contributed by atoms with van der Waals surface area (Å²) in [7, 11) is 0. The van der Waals surface area contributed by atoms with Gasteiger partial charge in [-0.05, 0) is 24.3 Å². The number of nitrogens with zero attached hydrogens (tertiary/aromatic N) is 2. The van der Waals surface area contributed by atoms with Crippen LogP contribution in [0.3, 0.4) is 0 Å². The van der Waals surface area contributed by atoms with E-state index in [1.54, 1.807) is 0 Å². The second kappa shape index (κ2) is 6.30. The highest BCUT2D eigenvalue weighted by atomic mass is 16.5. The first-order chi connectivity index (χ1) is 10.7. The van der Waals surface area contributed by atoms with E-state index in [-0.39, 0.29) is 6.42 Å². The van der Waals surface area contributed by atoms with Crippen molar-refractivity contribution >= 4 is 17.0 Å². The normalized spacial score (nSPS) is 10.7. The summed E-state index contributed by atoms with van der Waals surface area (Å²) in [5, 5.41) is 8.92. The third-order valence-corrected chi connectivity index (χ3v) is 3.39. The number of para-hydroxylation sites is 3. The van der Waals surface area contributed by atoms with Crippen LogP contribution >= 0.6 is 0 Å². The zero-order valence-electron chi connectivity index (χ0n) is 12.0. The Bertz CT molecular complexity index is 781. The standard InChI is InChI=1S/C17H16N2O3/c20-17(21)10-11-19-15-9-5-4-8-14(15)18-16(19)12-22-13-6-2-1-3-7-13/h1-9H,10-12H2,(H,20,21). The number of carbonyl (C=O) groups is 1. The number of aromatic nitrogens is 2. The minimum absolute atomic E-state index is 0.0543. The number of benzene rings is 2. The fourth-order valence-corrected chi connectivity index (χ4v) is 2.36. The lowest BCUT2D eigenvalue weighted by molar-refractivity contribution is -0.137. The highest BCUT2D eigenvalue weighted by molar-refractivity contribution is 5.76. The Morgan fingerprint density at radius 1 is 1.09 bits per heavy atom. The van der Waals surface area contributed by atoms with Crippen LogP contribution in [0, 0.1) is 0 Å². The maximum atomic E-state index is 10.9. The second-order valence-corrected chi connectivity index (χ2v) is 4.91. The fourth-order valence-electron chi connectivity index (χ4n) is 2.36. The van der Waals surface area contributed by atoms with Gasteiger partial charge in [0.15, 0.2) is 0 Å². The van der Waals surface area contributed by atoms with Crippen molar-refractivity contribution in [3.63, 3.8) is 0 Å². The minimum atomic E-state index is -0.826. The van der Waals surface area contributed by atoms with Crippen molar-refractivity contribution in [3.05, 3.63) is 60.4 Å². The molecule has 3 aromatic rings. The van der Waals surface area contributed by atoms with Gasteiger partial charge in [0.1, 0.15) is 18.2 Å². The predicted octanol–water partition coefficient (Wildman–Crippen LogP) is 3.09. The topological polar surface area (TPSA) is 64.3 Å². The van der Waals surface area contributed by atoms with E-state index in [0.717, 1.165) is 22.6 Å². The van der Waals surface area contributed by atoms with Gasteiger partial charge in [-0.15, -0.1) is 0 Å². The molecule has 0 spiro atoms. The Morgan fingerprint density at radius 3 is 2.59 bits per heavy atom. The molecule has 5 nitrogen and oxygen atoms in total. The summed E-state index contributed by atoms with van der Waals surface area (Å²) in [4.78, 5) is 15.4. The van der Waals surface area contributed by atoms with E-state index in [0.29, 0.717) is 13.2 Å². The molecule has 0 amide bonds. The van der Waals surface area contributed by atoms with E-state index in [4.69, 9.17) is 9.84 Å². The van der Waals surface area contributed by atoms with E-state index < -0.39 is 5.97 Å². The maximum absolute atomic E-state index is 10.9. The van der Waals surface area contributed by atoms with Crippen molar-refractivity contribution < 1.29 is 14.6 Å². The highest BCUT2D eigenvalue weighted by Crippen LogP contribution is 2.18. The molecule has 0 aliphatic heterocycles. The average molecular weight is 296 g/mol. The summed E-state index contributed by atoms with van der Waals surface area (Å²) in [5.41, 5.74) is 1.77. The number of ether oxygens (including phenoxy) is 1. The molecule has 0 bridgehead atoms. The van der Waals surface area contributed by atoms with Gasteiger partial charge in [-0.1, -0.05) is 30.3 Å². The van der Waals surface area contributed by atoms with Crippen molar-refractivity contribution in [2.45, 2.75) is 19.6 Å². The smallest absolute Gasteiger partial charge is 0.305 e. The Balaban J connectivity index is 1.86. The van der Waals surface area contributed by atoms with E-state index in [1.807, 2.05) is 59.2 Å². The monoisotopic (exact) mass is 296 g/mol. The number of carboxylic acids is 1. The third-order valence-electron chi connectivity index (χ3n) is 3.39. The zero-order chi connectivity index (χ0) is 15.4. The van der Waals surface area contributed by atoms with E-state index in [2.05, 4.69) is 4.98 Å². The van der Waals surface area contributed by atoms with Gasteiger partial charge in [0, 0.05) is 6.54 Å². The number of rotatable bonds is 6. The number of aryl methyl sites for hydroxylation is 1.